The molecule has 308 valence electrons. The fourth-order valence-electron chi connectivity index (χ4n) is 5.87. The number of ketones is 3. The summed E-state index contributed by atoms with van der Waals surface area (Å²) in [5.41, 5.74) is 1.70. The van der Waals surface area contributed by atoms with Crippen molar-refractivity contribution in [3.05, 3.63) is 138 Å². The molecule has 1 unspecified atom stereocenters. The van der Waals surface area contributed by atoms with Crippen molar-refractivity contribution >= 4 is 64.5 Å². The van der Waals surface area contributed by atoms with Crippen LogP contribution in [0.25, 0.3) is 21.5 Å². The molecule has 0 saturated heterocycles. The molecule has 1 atom stereocenters. The third-order valence-electron chi connectivity index (χ3n) is 8.78. The molecule has 1 N–H and O–H groups in total. The zero-order valence-electron chi connectivity index (χ0n) is 33.7. The Kier molecular flexibility index (Phi) is 20.2. The Balaban J connectivity index is 0.000000346. The second-order valence-corrected chi connectivity index (χ2v) is 12.9. The Morgan fingerprint density at radius 1 is 0.695 bits per heavy atom. The molecule has 12 nitrogen and oxygen atoms in total. The summed E-state index contributed by atoms with van der Waals surface area (Å²) in [5, 5.41) is 15.1. The van der Waals surface area contributed by atoms with E-state index in [0.29, 0.717) is 53.1 Å². The fourth-order valence-corrected chi connectivity index (χ4v) is 5.87. The first-order valence-electron chi connectivity index (χ1n) is 18.5. The van der Waals surface area contributed by atoms with Gasteiger partial charge in [-0.05, 0) is 65.2 Å². The zero-order chi connectivity index (χ0) is 43.0. The molecule has 6 rings (SSSR count). The van der Waals surface area contributed by atoms with Crippen molar-refractivity contribution in [3.8, 4) is 0 Å². The standard InChI is InChI=1S/C22H24N2O4.C18H16N2O2.C4H7O2.CH4.BrH.Zn/c1-4-19(25)17-7-6-16-11-18(9-8-15(16)10-17)22(27,12-21(26)28-5-2)20-13-24(3)14-23-20;1-3-17(21)14-6-4-13-9-15(7-5-12(13)8-14)18(22)16-10-20(2)11-19-16;1-3-6-4(2)5;;;/h6-11,13-14,27H,4-5,12H2,1-3H3;4-11H,3H2,1-2H3;2-3H2,1H3;1H4;1H;/q;;-1;;;+2/p-1. The Bertz CT molecular complexity index is 2370. The number of aryl methyl sites for hydroxylation is 2. The van der Waals surface area contributed by atoms with E-state index < -0.39 is 17.5 Å². The van der Waals surface area contributed by atoms with Crippen LogP contribution in [0.5, 0.6) is 0 Å². The molecule has 0 aliphatic heterocycles. The van der Waals surface area contributed by atoms with Crippen LogP contribution < -0.4 is 0 Å². The van der Waals surface area contributed by atoms with Gasteiger partial charge in [0, 0.05) is 56.0 Å². The van der Waals surface area contributed by atoms with Gasteiger partial charge in [-0.1, -0.05) is 69.8 Å². The van der Waals surface area contributed by atoms with E-state index >= 15 is 0 Å². The summed E-state index contributed by atoms with van der Waals surface area (Å²) in [7, 11) is 3.63. The van der Waals surface area contributed by atoms with Crippen LogP contribution in [0.4, 0.5) is 0 Å². The van der Waals surface area contributed by atoms with E-state index in [2.05, 4.69) is 35.3 Å². The van der Waals surface area contributed by atoms with E-state index in [4.69, 9.17) is 4.74 Å². The number of esters is 2. The van der Waals surface area contributed by atoms with E-state index in [1.54, 1.807) is 73.3 Å². The molecule has 0 aliphatic carbocycles. The number of Topliss-reactive ketones (excluding diaryl/α,β-unsaturated/α-hetero) is 2. The van der Waals surface area contributed by atoms with Gasteiger partial charge in [-0.3, -0.25) is 30.9 Å². The van der Waals surface area contributed by atoms with Crippen molar-refractivity contribution in [2.24, 2.45) is 14.1 Å². The van der Waals surface area contributed by atoms with Gasteiger partial charge in [0.25, 0.3) is 0 Å². The number of benzene rings is 4. The summed E-state index contributed by atoms with van der Waals surface area (Å²) in [6.45, 7) is 10.8. The van der Waals surface area contributed by atoms with Gasteiger partial charge < -0.3 is 23.7 Å². The number of carbonyl (C=O) groups excluding carboxylic acids is 5. The van der Waals surface area contributed by atoms with Crippen LogP contribution in [-0.2, 0) is 55.1 Å². The average Bonchev–Trinajstić information content (AvgIpc) is 3.88. The Morgan fingerprint density at radius 3 is 1.58 bits per heavy atom. The normalized spacial score (nSPS) is 11.2. The first-order chi connectivity index (χ1) is 27.7. The summed E-state index contributed by atoms with van der Waals surface area (Å²) in [6, 6.07) is 22.0. The fraction of sp³-hybridized carbons (Fsp3) is 0.289. The quantitative estimate of drug-likeness (QED) is 0.0545. The SMILES string of the molecule is C.CCC(=O)c1ccc2cc(C(=O)c3cn(C)cn3)ccc2c1.CCOC(=O)CC(O)(c1ccc2cc(C(=O)CC)ccc2c1)c1cn(C)cn1.[CH2-]C(=O)OCC.[Zn+][Br]. The molecule has 0 radical (unpaired) electrons. The maximum atomic E-state index is 12.4. The average molecular weight is 921 g/mol. The number of nitrogens with zero attached hydrogens (tertiary/aromatic N) is 4. The van der Waals surface area contributed by atoms with Crippen molar-refractivity contribution in [1.29, 1.82) is 0 Å². The molecule has 0 amide bonds. The molecule has 0 aliphatic rings. The van der Waals surface area contributed by atoms with Gasteiger partial charge in [0.15, 0.2) is 17.5 Å². The Labute approximate surface area is 362 Å². The van der Waals surface area contributed by atoms with Crippen molar-refractivity contribution < 1.29 is 54.9 Å². The van der Waals surface area contributed by atoms with Crippen LogP contribution in [-0.4, -0.2) is 66.7 Å². The minimum absolute atomic E-state index is 0. The molecule has 6 aromatic rings. The van der Waals surface area contributed by atoms with Crippen LogP contribution >= 0.6 is 13.6 Å². The van der Waals surface area contributed by atoms with Crippen molar-refractivity contribution in [3.63, 3.8) is 0 Å². The molecular formula is C45H51BrN4O8Zn. The number of carbonyl (C=O) groups is 5. The number of hydrogen-bond donors (Lipinski definition) is 1. The van der Waals surface area contributed by atoms with E-state index in [0.717, 1.165) is 21.5 Å². The third-order valence-corrected chi connectivity index (χ3v) is 8.78. The number of halogens is 1. The predicted molar refractivity (Wildman–Crippen MR) is 229 cm³/mol. The van der Waals surface area contributed by atoms with E-state index in [9.17, 15) is 29.1 Å². The number of rotatable bonds is 12. The number of fused-ring (bicyclic) bond motifs is 2. The summed E-state index contributed by atoms with van der Waals surface area (Å²) in [5.74, 6) is -0.859. The molecule has 2 aromatic heterocycles. The van der Waals surface area contributed by atoms with Gasteiger partial charge in [-0.15, -0.1) is 0 Å². The van der Waals surface area contributed by atoms with Gasteiger partial charge >= 0.3 is 35.9 Å². The van der Waals surface area contributed by atoms with Gasteiger partial charge in [-0.2, -0.15) is 0 Å². The summed E-state index contributed by atoms with van der Waals surface area (Å²) in [6.07, 6.45) is 7.27. The topological polar surface area (TPSA) is 160 Å². The summed E-state index contributed by atoms with van der Waals surface area (Å²) >= 11 is 4.25. The van der Waals surface area contributed by atoms with E-state index in [1.165, 1.54) is 16.3 Å². The molecule has 0 saturated carbocycles. The monoisotopic (exact) mass is 918 g/mol. The van der Waals surface area contributed by atoms with Crippen molar-refractivity contribution in [2.45, 2.75) is 60.0 Å². The van der Waals surface area contributed by atoms with Crippen LogP contribution in [0, 0.1) is 6.92 Å². The molecule has 4 aromatic carbocycles. The minimum atomic E-state index is -1.61. The predicted octanol–water partition coefficient (Wildman–Crippen LogP) is 8.61. The number of aliphatic hydroxyl groups is 1. The van der Waals surface area contributed by atoms with E-state index in [1.807, 2.05) is 75.5 Å². The van der Waals surface area contributed by atoms with Crippen LogP contribution in [0.1, 0.15) is 102 Å². The Morgan fingerprint density at radius 2 is 1.15 bits per heavy atom. The number of imidazole rings is 2. The Hall–Kier alpha value is -5.30. The van der Waals surface area contributed by atoms with Crippen molar-refractivity contribution in [2.75, 3.05) is 13.2 Å². The zero-order valence-corrected chi connectivity index (χ0v) is 38.2. The van der Waals surface area contributed by atoms with E-state index in [-0.39, 0.29) is 37.8 Å². The van der Waals surface area contributed by atoms with Crippen LogP contribution in [0.2, 0.25) is 0 Å². The van der Waals surface area contributed by atoms with Gasteiger partial charge in [-0.25, -0.2) is 9.97 Å². The number of hydrogen-bond acceptors (Lipinski definition) is 10. The first kappa shape index (κ1) is 49.8. The molecule has 59 heavy (non-hydrogen) atoms. The van der Waals surface area contributed by atoms with Gasteiger partial charge in [0.1, 0.15) is 11.3 Å². The summed E-state index contributed by atoms with van der Waals surface area (Å²) in [4.78, 5) is 66.3. The molecule has 14 heteroatoms. The third kappa shape index (κ3) is 13.6. The number of aromatic nitrogens is 4. The molecular weight excluding hydrogens is 870 g/mol. The van der Waals surface area contributed by atoms with Crippen LogP contribution in [0.3, 0.4) is 0 Å². The van der Waals surface area contributed by atoms with Gasteiger partial charge in [0.2, 0.25) is 5.78 Å². The molecule has 0 fully saturated rings. The maximum absolute atomic E-state index is 12.4. The summed E-state index contributed by atoms with van der Waals surface area (Å²) < 4.78 is 12.8. The first-order valence-corrected chi connectivity index (χ1v) is 25.5. The molecule has 0 spiro atoms. The second-order valence-electron chi connectivity index (χ2n) is 12.9. The second kappa shape index (κ2) is 23.9. The molecule has 2 heterocycles. The van der Waals surface area contributed by atoms with Crippen molar-refractivity contribution in [1.82, 2.24) is 19.1 Å². The number of ether oxygens (including phenoxy) is 2. The molecule has 0 bridgehead atoms. The van der Waals surface area contributed by atoms with Gasteiger partial charge in [0.05, 0.1) is 38.0 Å². The van der Waals surface area contributed by atoms with Crippen LogP contribution in [0.15, 0.2) is 97.8 Å².